The Labute approximate surface area is 102 Å². The van der Waals surface area contributed by atoms with Gasteiger partial charge in [0.25, 0.3) is 0 Å². The van der Waals surface area contributed by atoms with Gasteiger partial charge in [-0.25, -0.2) is 13.4 Å². The van der Waals surface area contributed by atoms with Crippen molar-refractivity contribution in [3.8, 4) is 0 Å². The minimum absolute atomic E-state index is 0.463. The molecule has 1 N–H and O–H groups in total. The molecule has 2 heterocycles. The summed E-state index contributed by atoms with van der Waals surface area (Å²) in [7, 11) is -3.30. The first-order chi connectivity index (χ1) is 7.35. The quantitative estimate of drug-likeness (QED) is 0.920. The molecule has 0 spiro atoms. The third-order valence-corrected chi connectivity index (χ3v) is 2.96. The van der Waals surface area contributed by atoms with E-state index in [-0.39, 0.29) is 0 Å². The number of halogens is 1. The molecule has 0 aliphatic heterocycles. The number of hydrogen-bond acceptors (Lipinski definition) is 3. The summed E-state index contributed by atoms with van der Waals surface area (Å²) < 4.78 is 27.4. The number of fused-ring (bicyclic) bond motifs is 1. The highest BCUT2D eigenvalue weighted by molar-refractivity contribution is 9.10. The number of nitrogens with zero attached hydrogens (tertiary/aromatic N) is 2. The zero-order valence-electron chi connectivity index (χ0n) is 8.73. The lowest BCUT2D eigenvalue weighted by atomic mass is 10.4. The first-order valence-electron chi connectivity index (χ1n) is 4.48. The molecule has 5 nitrogen and oxygen atoms in total. The average molecular weight is 304 g/mol. The Hall–Kier alpha value is -1.08. The summed E-state index contributed by atoms with van der Waals surface area (Å²) in [6, 6.07) is 1.68. The number of rotatable bonds is 2. The van der Waals surface area contributed by atoms with E-state index in [1.165, 1.54) is 0 Å². The fraction of sp³-hybridized carbons (Fsp3) is 0.222. The Bertz CT molecular complexity index is 648. The SMILES string of the molecule is Cc1cn2cc(Br)cc(NS(C)(=O)=O)c2n1. The third-order valence-electron chi connectivity index (χ3n) is 1.93. The number of aromatic nitrogens is 2. The van der Waals surface area contributed by atoms with Crippen molar-refractivity contribution in [3.63, 3.8) is 0 Å². The molecule has 2 aromatic heterocycles. The second kappa shape index (κ2) is 3.74. The topological polar surface area (TPSA) is 63.5 Å². The van der Waals surface area contributed by atoms with Gasteiger partial charge in [-0.05, 0) is 28.9 Å². The maximum absolute atomic E-state index is 11.2. The van der Waals surface area contributed by atoms with Crippen molar-refractivity contribution in [2.24, 2.45) is 0 Å². The Balaban J connectivity index is 2.67. The van der Waals surface area contributed by atoms with Crippen molar-refractivity contribution in [1.82, 2.24) is 9.38 Å². The van der Waals surface area contributed by atoms with Gasteiger partial charge in [0.15, 0.2) is 5.65 Å². The van der Waals surface area contributed by atoms with Crippen molar-refractivity contribution >= 4 is 37.3 Å². The Morgan fingerprint density at radius 1 is 1.44 bits per heavy atom. The molecular formula is C9H10BrN3O2S. The highest BCUT2D eigenvalue weighted by Gasteiger charge is 2.10. The van der Waals surface area contributed by atoms with Gasteiger partial charge in [-0.2, -0.15) is 0 Å². The van der Waals surface area contributed by atoms with Crippen molar-refractivity contribution in [2.45, 2.75) is 6.92 Å². The maximum Gasteiger partial charge on any atom is 0.229 e. The molecule has 0 saturated carbocycles. The van der Waals surface area contributed by atoms with Crippen LogP contribution in [0.3, 0.4) is 0 Å². The zero-order valence-corrected chi connectivity index (χ0v) is 11.1. The van der Waals surface area contributed by atoms with Gasteiger partial charge in [0.1, 0.15) is 0 Å². The van der Waals surface area contributed by atoms with E-state index in [4.69, 9.17) is 0 Å². The van der Waals surface area contributed by atoms with Crippen LogP contribution in [0.2, 0.25) is 0 Å². The largest absolute Gasteiger partial charge is 0.304 e. The average Bonchev–Trinajstić information content (AvgIpc) is 2.42. The smallest absolute Gasteiger partial charge is 0.229 e. The van der Waals surface area contributed by atoms with E-state index >= 15 is 0 Å². The predicted molar refractivity (Wildman–Crippen MR) is 66.1 cm³/mol. The van der Waals surface area contributed by atoms with Crippen molar-refractivity contribution in [1.29, 1.82) is 0 Å². The molecule has 0 aliphatic carbocycles. The Kier molecular flexibility index (Phi) is 2.67. The van der Waals surface area contributed by atoms with E-state index in [0.717, 1.165) is 16.4 Å². The second-order valence-electron chi connectivity index (χ2n) is 3.56. The number of anilines is 1. The van der Waals surface area contributed by atoms with Crippen molar-refractivity contribution in [3.05, 3.63) is 28.6 Å². The summed E-state index contributed by atoms with van der Waals surface area (Å²) in [4.78, 5) is 4.25. The fourth-order valence-corrected chi connectivity index (χ4v) is 2.46. The molecular weight excluding hydrogens is 294 g/mol. The molecule has 2 rings (SSSR count). The lowest BCUT2D eigenvalue weighted by Gasteiger charge is -2.06. The highest BCUT2D eigenvalue weighted by Crippen LogP contribution is 2.22. The molecule has 16 heavy (non-hydrogen) atoms. The Morgan fingerprint density at radius 2 is 2.12 bits per heavy atom. The molecule has 0 saturated heterocycles. The molecule has 0 unspecified atom stereocenters. The molecule has 0 aliphatic rings. The molecule has 0 atom stereocenters. The minimum Gasteiger partial charge on any atom is -0.304 e. The summed E-state index contributed by atoms with van der Waals surface area (Å²) in [5, 5.41) is 0. The molecule has 0 fully saturated rings. The first-order valence-corrected chi connectivity index (χ1v) is 7.16. The van der Waals surface area contributed by atoms with E-state index in [2.05, 4.69) is 25.6 Å². The summed E-state index contributed by atoms with van der Waals surface area (Å²) >= 11 is 3.32. The highest BCUT2D eigenvalue weighted by atomic mass is 79.9. The minimum atomic E-state index is -3.30. The van der Waals surface area contributed by atoms with Crippen molar-refractivity contribution in [2.75, 3.05) is 11.0 Å². The van der Waals surface area contributed by atoms with Gasteiger partial charge in [0, 0.05) is 16.9 Å². The number of aryl methyl sites for hydroxylation is 1. The fourth-order valence-electron chi connectivity index (χ4n) is 1.46. The van der Waals surface area contributed by atoms with Crippen LogP contribution in [-0.4, -0.2) is 24.1 Å². The molecule has 0 radical (unpaired) electrons. The molecule has 2 aromatic rings. The number of imidazole rings is 1. The standard InChI is InChI=1S/C9H10BrN3O2S/c1-6-4-13-5-7(10)3-8(9(13)11-6)12-16(2,14)15/h3-5,12H,1-2H3. The lowest BCUT2D eigenvalue weighted by Crippen LogP contribution is -2.10. The predicted octanol–water partition coefficient (Wildman–Crippen LogP) is 1.78. The van der Waals surface area contributed by atoms with Crippen LogP contribution in [0.5, 0.6) is 0 Å². The monoisotopic (exact) mass is 303 g/mol. The maximum atomic E-state index is 11.2. The van der Waals surface area contributed by atoms with Crippen LogP contribution < -0.4 is 4.72 Å². The summed E-state index contributed by atoms with van der Waals surface area (Å²) in [5.74, 6) is 0. The molecule has 0 bridgehead atoms. The number of nitrogens with one attached hydrogen (secondary N) is 1. The van der Waals surface area contributed by atoms with Crippen LogP contribution in [-0.2, 0) is 10.0 Å². The van der Waals surface area contributed by atoms with Gasteiger partial charge >= 0.3 is 0 Å². The van der Waals surface area contributed by atoms with E-state index in [9.17, 15) is 8.42 Å². The number of hydrogen-bond donors (Lipinski definition) is 1. The first kappa shape index (κ1) is 11.4. The Morgan fingerprint density at radius 3 is 2.75 bits per heavy atom. The van der Waals surface area contributed by atoms with Gasteiger partial charge in [-0.3, -0.25) is 4.72 Å². The number of pyridine rings is 1. The van der Waals surface area contributed by atoms with Crippen LogP contribution in [0.1, 0.15) is 5.69 Å². The molecule has 86 valence electrons. The molecule has 0 aromatic carbocycles. The van der Waals surface area contributed by atoms with E-state index < -0.39 is 10.0 Å². The third kappa shape index (κ3) is 2.35. The summed E-state index contributed by atoms with van der Waals surface area (Å²) in [6.07, 6.45) is 4.76. The van der Waals surface area contributed by atoms with Crippen LogP contribution in [0.15, 0.2) is 22.9 Å². The van der Waals surface area contributed by atoms with Gasteiger partial charge < -0.3 is 4.40 Å². The summed E-state index contributed by atoms with van der Waals surface area (Å²) in [5.41, 5.74) is 1.88. The lowest BCUT2D eigenvalue weighted by molar-refractivity contribution is 0.607. The number of sulfonamides is 1. The van der Waals surface area contributed by atoms with Crippen LogP contribution >= 0.6 is 15.9 Å². The normalized spacial score (nSPS) is 11.9. The summed E-state index contributed by atoms with van der Waals surface area (Å²) in [6.45, 7) is 1.85. The van der Waals surface area contributed by atoms with Crippen LogP contribution in [0.4, 0.5) is 5.69 Å². The van der Waals surface area contributed by atoms with Gasteiger partial charge in [0.2, 0.25) is 10.0 Å². The second-order valence-corrected chi connectivity index (χ2v) is 6.22. The van der Waals surface area contributed by atoms with Gasteiger partial charge in [-0.15, -0.1) is 0 Å². The molecule has 7 heteroatoms. The zero-order chi connectivity index (χ0) is 11.9. The van der Waals surface area contributed by atoms with Crippen LogP contribution in [0.25, 0.3) is 5.65 Å². The van der Waals surface area contributed by atoms with E-state index in [1.54, 1.807) is 10.5 Å². The van der Waals surface area contributed by atoms with Gasteiger partial charge in [0.05, 0.1) is 17.6 Å². The molecule has 0 amide bonds. The van der Waals surface area contributed by atoms with E-state index in [1.807, 2.05) is 19.3 Å². The van der Waals surface area contributed by atoms with E-state index in [0.29, 0.717) is 11.3 Å². The van der Waals surface area contributed by atoms with Crippen molar-refractivity contribution < 1.29 is 8.42 Å². The van der Waals surface area contributed by atoms with Crippen LogP contribution in [0, 0.1) is 6.92 Å². The van der Waals surface area contributed by atoms with Gasteiger partial charge in [-0.1, -0.05) is 0 Å².